The van der Waals surface area contributed by atoms with Gasteiger partial charge in [0, 0.05) is 49.3 Å². The van der Waals surface area contributed by atoms with Gasteiger partial charge in [0.2, 0.25) is 5.91 Å². The van der Waals surface area contributed by atoms with Gasteiger partial charge in [-0.1, -0.05) is 6.58 Å². The molecule has 0 spiro atoms. The van der Waals surface area contributed by atoms with Gasteiger partial charge in [-0.2, -0.15) is 5.26 Å². The van der Waals surface area contributed by atoms with Crippen molar-refractivity contribution in [3.63, 3.8) is 0 Å². The molecule has 2 saturated carbocycles. The van der Waals surface area contributed by atoms with Gasteiger partial charge in [0.25, 0.3) is 0 Å². The van der Waals surface area contributed by atoms with Crippen LogP contribution in [0.15, 0.2) is 31.0 Å². The Hall–Kier alpha value is -3.20. The van der Waals surface area contributed by atoms with E-state index in [9.17, 15) is 10.1 Å². The summed E-state index contributed by atoms with van der Waals surface area (Å²) in [5.41, 5.74) is 4.51. The lowest BCUT2D eigenvalue weighted by Crippen LogP contribution is -2.54. The maximum atomic E-state index is 12.6. The number of piperazine rings is 1. The van der Waals surface area contributed by atoms with Crippen LogP contribution in [0.25, 0.3) is 17.2 Å². The van der Waals surface area contributed by atoms with E-state index >= 15 is 0 Å². The molecule has 1 aliphatic heterocycles. The van der Waals surface area contributed by atoms with Crippen LogP contribution in [0.4, 0.5) is 5.82 Å². The van der Waals surface area contributed by atoms with Crippen molar-refractivity contribution in [1.29, 1.82) is 5.26 Å². The highest BCUT2D eigenvalue weighted by Crippen LogP contribution is 2.45. The van der Waals surface area contributed by atoms with Crippen LogP contribution in [0.5, 0.6) is 0 Å². The lowest BCUT2D eigenvalue weighted by atomic mass is 9.99. The van der Waals surface area contributed by atoms with Gasteiger partial charge in [0.15, 0.2) is 0 Å². The average molecular weight is 414 g/mol. The smallest absolute Gasteiger partial charge is 0.226 e. The molecule has 3 heterocycles. The maximum Gasteiger partial charge on any atom is 0.226 e. The molecular formula is C25H27N5O. The van der Waals surface area contributed by atoms with Gasteiger partial charge in [0.05, 0.1) is 17.0 Å². The molecule has 2 aromatic heterocycles. The van der Waals surface area contributed by atoms with Crippen LogP contribution in [0.1, 0.15) is 55.5 Å². The zero-order chi connectivity index (χ0) is 21.5. The molecule has 1 atom stereocenters. The minimum atomic E-state index is 0.120. The molecule has 0 bridgehead atoms. The van der Waals surface area contributed by atoms with Crippen LogP contribution in [-0.4, -0.2) is 46.5 Å². The molecule has 0 N–H and O–H groups in total. The Kier molecular flexibility index (Phi) is 4.97. The fourth-order valence-electron chi connectivity index (χ4n) is 4.51. The summed E-state index contributed by atoms with van der Waals surface area (Å²) in [5, 5.41) is 9.94. The van der Waals surface area contributed by atoms with Crippen molar-refractivity contribution in [3.05, 3.63) is 47.9 Å². The second-order valence-corrected chi connectivity index (χ2v) is 8.95. The van der Waals surface area contributed by atoms with E-state index < -0.39 is 0 Å². The predicted molar refractivity (Wildman–Crippen MR) is 120 cm³/mol. The second kappa shape index (κ2) is 7.81. The van der Waals surface area contributed by atoms with Crippen molar-refractivity contribution in [2.24, 2.45) is 5.92 Å². The number of carbonyl (C=O) groups excluding carboxylic acids is 1. The zero-order valence-electron chi connectivity index (χ0n) is 17.9. The van der Waals surface area contributed by atoms with Crippen LogP contribution in [0.3, 0.4) is 0 Å². The molecule has 6 heteroatoms. The zero-order valence-corrected chi connectivity index (χ0v) is 17.9. The Morgan fingerprint density at radius 2 is 2.06 bits per heavy atom. The number of hydrogen-bond acceptors (Lipinski definition) is 5. The first kappa shape index (κ1) is 19.7. The third kappa shape index (κ3) is 3.81. The lowest BCUT2D eigenvalue weighted by molar-refractivity contribution is -0.134. The molecule has 1 saturated heterocycles. The summed E-state index contributed by atoms with van der Waals surface area (Å²) in [6.07, 6.45) is 7.83. The molecule has 158 valence electrons. The highest BCUT2D eigenvalue weighted by atomic mass is 16.2. The summed E-state index contributed by atoms with van der Waals surface area (Å²) in [7, 11) is 0. The van der Waals surface area contributed by atoms with Crippen molar-refractivity contribution in [3.8, 4) is 17.2 Å². The van der Waals surface area contributed by atoms with E-state index in [1.807, 2.05) is 23.1 Å². The van der Waals surface area contributed by atoms with Crippen molar-refractivity contribution in [2.45, 2.75) is 44.6 Å². The molecule has 3 aliphatic rings. The van der Waals surface area contributed by atoms with Crippen molar-refractivity contribution >= 4 is 17.8 Å². The third-order valence-electron chi connectivity index (χ3n) is 6.55. The molecule has 31 heavy (non-hydrogen) atoms. The van der Waals surface area contributed by atoms with Crippen LogP contribution in [0.2, 0.25) is 0 Å². The SMILES string of the molecule is C=Cc1cc(-c2cc(C#N)c(N3CCN(C(=O)C4CC4)[C@H](C)C3)nc2C2CC2)ccn1. The number of amides is 1. The highest BCUT2D eigenvalue weighted by molar-refractivity contribution is 5.81. The number of anilines is 1. The van der Waals surface area contributed by atoms with Gasteiger partial charge in [-0.3, -0.25) is 9.78 Å². The van der Waals surface area contributed by atoms with Gasteiger partial charge in [-0.25, -0.2) is 4.98 Å². The summed E-state index contributed by atoms with van der Waals surface area (Å²) in [6.45, 7) is 8.03. The first-order valence-electron chi connectivity index (χ1n) is 11.2. The molecule has 0 aromatic carbocycles. The maximum absolute atomic E-state index is 12.6. The number of pyridine rings is 2. The van der Waals surface area contributed by atoms with Gasteiger partial charge < -0.3 is 9.80 Å². The van der Waals surface area contributed by atoms with Crippen LogP contribution >= 0.6 is 0 Å². The summed E-state index contributed by atoms with van der Waals surface area (Å²) in [5.74, 6) is 1.74. The summed E-state index contributed by atoms with van der Waals surface area (Å²) in [4.78, 5) is 26.2. The normalized spacial score (nSPS) is 21.0. The molecule has 5 rings (SSSR count). The Morgan fingerprint density at radius 1 is 1.26 bits per heavy atom. The molecular weight excluding hydrogens is 386 g/mol. The Morgan fingerprint density at radius 3 is 2.71 bits per heavy atom. The molecule has 0 unspecified atom stereocenters. The predicted octanol–water partition coefficient (Wildman–Crippen LogP) is 3.98. The van der Waals surface area contributed by atoms with E-state index in [4.69, 9.17) is 4.98 Å². The Labute approximate surface area is 183 Å². The van der Waals surface area contributed by atoms with E-state index in [1.54, 1.807) is 12.3 Å². The summed E-state index contributed by atoms with van der Waals surface area (Å²) in [6, 6.07) is 8.46. The van der Waals surface area contributed by atoms with Crippen molar-refractivity contribution in [2.75, 3.05) is 24.5 Å². The molecule has 0 radical (unpaired) electrons. The van der Waals surface area contributed by atoms with Crippen LogP contribution in [0, 0.1) is 17.2 Å². The minimum Gasteiger partial charge on any atom is -0.352 e. The summed E-state index contributed by atoms with van der Waals surface area (Å²) < 4.78 is 0. The first-order chi connectivity index (χ1) is 15.1. The number of nitrogens with zero attached hydrogens (tertiary/aromatic N) is 5. The highest BCUT2D eigenvalue weighted by Gasteiger charge is 2.38. The monoisotopic (exact) mass is 413 g/mol. The number of hydrogen-bond donors (Lipinski definition) is 0. The Balaban J connectivity index is 1.48. The topological polar surface area (TPSA) is 73.1 Å². The standard InChI is InChI=1S/C25H27N5O/c1-3-21-12-19(8-9-27-21)22-13-20(14-26)24(28-23(22)17-4-5-17)29-10-11-30(16(2)15-29)25(31)18-6-7-18/h3,8-9,12-13,16-18H,1,4-7,10-11,15H2,2H3/t16-/m1/s1. The average Bonchev–Trinajstić information content (AvgIpc) is 3.71. The molecule has 3 fully saturated rings. The van der Waals surface area contributed by atoms with Gasteiger partial charge in [-0.15, -0.1) is 0 Å². The largest absolute Gasteiger partial charge is 0.352 e. The van der Waals surface area contributed by atoms with Gasteiger partial charge in [-0.05, 0) is 62.4 Å². The summed E-state index contributed by atoms with van der Waals surface area (Å²) >= 11 is 0. The number of aromatic nitrogens is 2. The van der Waals surface area contributed by atoms with Crippen molar-refractivity contribution < 1.29 is 4.79 Å². The Bertz CT molecular complexity index is 1080. The molecule has 2 aliphatic carbocycles. The fraction of sp³-hybridized carbons (Fsp3) is 0.440. The molecule has 6 nitrogen and oxygen atoms in total. The van der Waals surface area contributed by atoms with Crippen LogP contribution in [-0.2, 0) is 4.79 Å². The van der Waals surface area contributed by atoms with Crippen LogP contribution < -0.4 is 4.90 Å². The lowest BCUT2D eigenvalue weighted by Gasteiger charge is -2.41. The van der Waals surface area contributed by atoms with Crippen molar-refractivity contribution in [1.82, 2.24) is 14.9 Å². The number of rotatable bonds is 5. The van der Waals surface area contributed by atoms with Gasteiger partial charge in [0.1, 0.15) is 11.9 Å². The number of nitriles is 1. The fourth-order valence-corrected chi connectivity index (χ4v) is 4.51. The minimum absolute atomic E-state index is 0.120. The second-order valence-electron chi connectivity index (χ2n) is 8.95. The van der Waals surface area contributed by atoms with E-state index in [1.165, 1.54) is 0 Å². The quantitative estimate of drug-likeness (QED) is 0.741. The molecule has 1 amide bonds. The van der Waals surface area contributed by atoms with Gasteiger partial charge >= 0.3 is 0 Å². The van der Waals surface area contributed by atoms with E-state index in [-0.39, 0.29) is 12.0 Å². The molecule has 2 aromatic rings. The van der Waals surface area contributed by atoms with E-state index in [0.29, 0.717) is 37.0 Å². The van der Waals surface area contributed by atoms with E-state index in [2.05, 4.69) is 29.5 Å². The number of carbonyl (C=O) groups is 1. The third-order valence-corrected chi connectivity index (χ3v) is 6.55. The first-order valence-corrected chi connectivity index (χ1v) is 11.2. The van der Waals surface area contributed by atoms with E-state index in [0.717, 1.165) is 54.0 Å².